The zero-order chi connectivity index (χ0) is 7.66. The molecule has 0 nitrogen and oxygen atoms in total. The lowest BCUT2D eigenvalue weighted by Gasteiger charge is -1.84. The minimum Gasteiger partial charge on any atom is -0.0845 e. The predicted octanol–water partition coefficient (Wildman–Crippen LogP) is 3.09. The van der Waals surface area contributed by atoms with E-state index in [0.717, 1.165) is 19.3 Å². The largest absolute Gasteiger partial charge is 0.0845 e. The third kappa shape index (κ3) is 7.22. The van der Waals surface area contributed by atoms with Crippen molar-refractivity contribution < 1.29 is 0 Å². The summed E-state index contributed by atoms with van der Waals surface area (Å²) in [6, 6.07) is 0. The van der Waals surface area contributed by atoms with Crippen LogP contribution in [0.3, 0.4) is 0 Å². The van der Waals surface area contributed by atoms with Crippen LogP contribution in [0.1, 0.15) is 19.3 Å². The summed E-state index contributed by atoms with van der Waals surface area (Å²) in [4.78, 5) is 0. The van der Waals surface area contributed by atoms with Gasteiger partial charge in [-0.05, 0) is 12.8 Å². The molecule has 10 heavy (non-hydrogen) atoms. The van der Waals surface area contributed by atoms with Crippen LogP contribution in [0.2, 0.25) is 0 Å². The lowest BCUT2D eigenvalue weighted by atomic mass is 10.2. The Labute approximate surface area is 64.0 Å². The molecule has 0 atom stereocenters. The average molecular weight is 134 g/mol. The Hall–Kier alpha value is -0.780. The van der Waals surface area contributed by atoms with Crippen molar-refractivity contribution >= 4 is 0 Å². The van der Waals surface area contributed by atoms with Gasteiger partial charge < -0.3 is 0 Å². The maximum atomic E-state index is 5.11. The van der Waals surface area contributed by atoms with E-state index in [1.165, 1.54) is 6.08 Å². The molecule has 0 amide bonds. The highest BCUT2D eigenvalue weighted by molar-refractivity contribution is 5.07. The molecule has 0 aliphatic rings. The first kappa shape index (κ1) is 9.22. The predicted molar refractivity (Wildman–Crippen MR) is 46.4 cm³/mol. The molecular formula is C10H14. The summed E-state index contributed by atoms with van der Waals surface area (Å²) in [5.74, 6) is 0. The van der Waals surface area contributed by atoms with E-state index in [9.17, 15) is 0 Å². The van der Waals surface area contributed by atoms with Crippen molar-refractivity contribution in [1.82, 2.24) is 0 Å². The molecule has 0 heterocycles. The summed E-state index contributed by atoms with van der Waals surface area (Å²) in [5.41, 5.74) is 0. The van der Waals surface area contributed by atoms with Crippen LogP contribution < -0.4 is 0 Å². The van der Waals surface area contributed by atoms with Crippen molar-refractivity contribution in [2.75, 3.05) is 0 Å². The van der Waals surface area contributed by atoms with Crippen molar-refractivity contribution in [1.29, 1.82) is 0 Å². The van der Waals surface area contributed by atoms with E-state index >= 15 is 0 Å². The van der Waals surface area contributed by atoms with Gasteiger partial charge in [0.05, 0.1) is 0 Å². The Morgan fingerprint density at radius 2 is 2.00 bits per heavy atom. The molecule has 0 bridgehead atoms. The maximum absolute atomic E-state index is 5.11. The molecule has 54 valence electrons. The molecule has 0 aliphatic heterocycles. The van der Waals surface area contributed by atoms with Gasteiger partial charge in [0.1, 0.15) is 0 Å². The monoisotopic (exact) mass is 134 g/mol. The molecule has 0 rings (SSSR count). The van der Waals surface area contributed by atoms with Gasteiger partial charge >= 0.3 is 0 Å². The fraction of sp³-hybridized carbons (Fsp3) is 0.300. The Bertz CT molecular complexity index is 118. The SMILES string of the molecule is [CH]=CC=CC=CCCC[CH2]. The van der Waals surface area contributed by atoms with Crippen molar-refractivity contribution in [2.24, 2.45) is 0 Å². The quantitative estimate of drug-likeness (QED) is 0.400. The molecule has 0 saturated carbocycles. The lowest BCUT2D eigenvalue weighted by molar-refractivity contribution is 0.866. The van der Waals surface area contributed by atoms with E-state index in [-0.39, 0.29) is 0 Å². The summed E-state index contributed by atoms with van der Waals surface area (Å²) < 4.78 is 0. The van der Waals surface area contributed by atoms with Gasteiger partial charge in [0.15, 0.2) is 0 Å². The smallest absolute Gasteiger partial charge is 0.0348 e. The average Bonchev–Trinajstić information content (AvgIpc) is 1.97. The summed E-state index contributed by atoms with van der Waals surface area (Å²) in [5, 5.41) is 0. The normalized spacial score (nSPS) is 11.3. The molecule has 0 aromatic carbocycles. The standard InChI is InChI=1S/C10H14/c1-3-5-7-9-10-8-6-4-2/h1,3,5,7,9-10H,2,4,6,8H2. The van der Waals surface area contributed by atoms with Crippen molar-refractivity contribution in [2.45, 2.75) is 19.3 Å². The van der Waals surface area contributed by atoms with Crippen molar-refractivity contribution in [3.8, 4) is 0 Å². The van der Waals surface area contributed by atoms with Gasteiger partial charge in [0.25, 0.3) is 0 Å². The second-order valence-corrected chi connectivity index (χ2v) is 2.00. The lowest BCUT2D eigenvalue weighted by Crippen LogP contribution is -1.64. The minimum atomic E-state index is 1.01. The maximum Gasteiger partial charge on any atom is -0.0348 e. The molecule has 0 N–H and O–H groups in total. The molecule has 0 saturated heterocycles. The van der Waals surface area contributed by atoms with Crippen LogP contribution in [0.4, 0.5) is 0 Å². The first-order valence-corrected chi connectivity index (χ1v) is 3.57. The molecule has 0 heteroatoms. The second-order valence-electron chi connectivity index (χ2n) is 2.00. The zero-order valence-corrected chi connectivity index (χ0v) is 6.29. The number of hydrogen-bond donors (Lipinski definition) is 0. The van der Waals surface area contributed by atoms with E-state index < -0.39 is 0 Å². The van der Waals surface area contributed by atoms with Gasteiger partial charge in [0.2, 0.25) is 0 Å². The highest BCUT2D eigenvalue weighted by Crippen LogP contribution is 1.94. The summed E-state index contributed by atoms with van der Waals surface area (Å²) in [6.07, 6.45) is 12.6. The fourth-order valence-corrected chi connectivity index (χ4v) is 0.565. The van der Waals surface area contributed by atoms with Crippen molar-refractivity contribution in [3.63, 3.8) is 0 Å². The Balaban J connectivity index is 3.19. The van der Waals surface area contributed by atoms with E-state index in [1.54, 1.807) is 6.08 Å². The van der Waals surface area contributed by atoms with Crippen LogP contribution in [0.25, 0.3) is 0 Å². The highest BCUT2D eigenvalue weighted by Gasteiger charge is 1.74. The van der Waals surface area contributed by atoms with Crippen LogP contribution >= 0.6 is 0 Å². The zero-order valence-electron chi connectivity index (χ0n) is 6.29. The van der Waals surface area contributed by atoms with E-state index in [0.29, 0.717) is 0 Å². The molecule has 0 aromatic heterocycles. The molecule has 0 fully saturated rings. The number of unbranched alkanes of at least 4 members (excludes halogenated alkanes) is 2. The molecule has 0 aliphatic carbocycles. The van der Waals surface area contributed by atoms with E-state index in [2.05, 4.69) is 13.0 Å². The molecular weight excluding hydrogens is 120 g/mol. The van der Waals surface area contributed by atoms with Crippen LogP contribution in [-0.2, 0) is 0 Å². The summed E-state index contributed by atoms with van der Waals surface area (Å²) >= 11 is 0. The number of rotatable bonds is 5. The third-order valence-electron chi connectivity index (χ3n) is 1.09. The molecule has 0 aromatic rings. The fourth-order valence-electron chi connectivity index (χ4n) is 0.565. The van der Waals surface area contributed by atoms with Gasteiger partial charge in [-0.15, -0.1) is 0 Å². The van der Waals surface area contributed by atoms with E-state index in [1.807, 2.05) is 12.2 Å². The van der Waals surface area contributed by atoms with Crippen molar-refractivity contribution in [3.05, 3.63) is 43.9 Å². The third-order valence-corrected chi connectivity index (χ3v) is 1.09. The van der Waals surface area contributed by atoms with E-state index in [4.69, 9.17) is 6.58 Å². The topological polar surface area (TPSA) is 0 Å². The van der Waals surface area contributed by atoms with Crippen LogP contribution in [0, 0.1) is 13.5 Å². The Kier molecular flexibility index (Phi) is 7.58. The summed E-state index contributed by atoms with van der Waals surface area (Å²) in [7, 11) is 0. The van der Waals surface area contributed by atoms with Gasteiger partial charge in [0, 0.05) is 0 Å². The highest BCUT2D eigenvalue weighted by atomic mass is 13.8. The van der Waals surface area contributed by atoms with Crippen LogP contribution in [-0.4, -0.2) is 0 Å². The first-order valence-electron chi connectivity index (χ1n) is 3.57. The second kappa shape index (κ2) is 8.22. The van der Waals surface area contributed by atoms with Gasteiger partial charge in [-0.3, -0.25) is 0 Å². The Morgan fingerprint density at radius 3 is 2.60 bits per heavy atom. The number of allylic oxidation sites excluding steroid dienone is 5. The Morgan fingerprint density at radius 1 is 1.20 bits per heavy atom. The summed E-state index contributed by atoms with van der Waals surface area (Å²) in [6.45, 7) is 8.86. The van der Waals surface area contributed by atoms with Gasteiger partial charge in [-0.25, -0.2) is 0 Å². The molecule has 0 unspecified atom stereocenters. The van der Waals surface area contributed by atoms with Crippen LogP contribution in [0.5, 0.6) is 0 Å². The number of hydrogen-bond acceptors (Lipinski definition) is 0. The van der Waals surface area contributed by atoms with Gasteiger partial charge in [-0.2, -0.15) is 0 Å². The first-order chi connectivity index (χ1) is 4.91. The van der Waals surface area contributed by atoms with Crippen LogP contribution in [0.15, 0.2) is 30.4 Å². The molecule has 0 spiro atoms. The minimum absolute atomic E-state index is 1.01. The van der Waals surface area contributed by atoms with Gasteiger partial charge in [-0.1, -0.05) is 50.3 Å². The molecule has 2 radical (unpaired) electrons.